The van der Waals surface area contributed by atoms with Crippen molar-refractivity contribution in [3.05, 3.63) is 54.1 Å². The summed E-state index contributed by atoms with van der Waals surface area (Å²) in [6, 6.07) is 15.5. The monoisotopic (exact) mass is 389 g/mol. The number of hydrogen-bond donors (Lipinski definition) is 1. The number of benzene rings is 2. The average Bonchev–Trinajstić information content (AvgIpc) is 3.16. The Bertz CT molecular complexity index is 933. The Morgan fingerprint density at radius 1 is 1.17 bits per heavy atom. The maximum Gasteiger partial charge on any atom is 0.244 e. The van der Waals surface area contributed by atoms with Gasteiger partial charge in [-0.05, 0) is 61.9 Å². The molecule has 1 fully saturated rings. The summed E-state index contributed by atoms with van der Waals surface area (Å²) in [5.74, 6) is -0.416. The summed E-state index contributed by atoms with van der Waals surface area (Å²) in [6.45, 7) is 2.17. The van der Waals surface area contributed by atoms with E-state index in [-0.39, 0.29) is 24.3 Å². The van der Waals surface area contributed by atoms with Gasteiger partial charge in [0.2, 0.25) is 11.8 Å². The molecule has 5 nitrogen and oxygen atoms in total. The number of rotatable bonds is 6. The normalized spacial score (nSPS) is 18.0. The standard InChI is InChI=1S/C24H27N3O2/c1-2-3-7-17-12-14-18(15-13-17)25-23(28)16-27-22-11-5-4-9-21(22)26-20-10-6-8-19(20)24(27)29/h4-5,9,11-15,19H,2-3,6-8,10,16H2,1H3,(H,25,28). The van der Waals surface area contributed by atoms with Gasteiger partial charge in [-0.2, -0.15) is 0 Å². The van der Waals surface area contributed by atoms with Crippen LogP contribution in [0.3, 0.4) is 0 Å². The minimum atomic E-state index is -0.201. The molecule has 5 heteroatoms. The van der Waals surface area contributed by atoms with Crippen LogP contribution in [0.15, 0.2) is 53.5 Å². The van der Waals surface area contributed by atoms with E-state index in [1.165, 1.54) is 5.56 Å². The molecule has 1 aliphatic heterocycles. The lowest BCUT2D eigenvalue weighted by molar-refractivity contribution is -0.122. The fraction of sp³-hybridized carbons (Fsp3) is 0.375. The molecule has 1 aliphatic carbocycles. The third kappa shape index (κ3) is 4.24. The number of nitrogens with one attached hydrogen (secondary N) is 1. The summed E-state index contributed by atoms with van der Waals surface area (Å²) in [6.07, 6.45) is 6.01. The molecule has 2 aromatic rings. The second-order valence-electron chi connectivity index (χ2n) is 7.81. The molecular formula is C24H27N3O2. The highest BCUT2D eigenvalue weighted by molar-refractivity contribution is 6.16. The first-order valence-corrected chi connectivity index (χ1v) is 10.5. The van der Waals surface area contributed by atoms with Crippen LogP contribution in [-0.4, -0.2) is 24.1 Å². The van der Waals surface area contributed by atoms with Crippen molar-refractivity contribution in [2.24, 2.45) is 10.9 Å². The van der Waals surface area contributed by atoms with Crippen LogP contribution in [-0.2, 0) is 16.0 Å². The highest BCUT2D eigenvalue weighted by Crippen LogP contribution is 2.37. The second kappa shape index (κ2) is 8.60. The number of para-hydroxylation sites is 2. The van der Waals surface area contributed by atoms with Crippen LogP contribution in [0.5, 0.6) is 0 Å². The maximum absolute atomic E-state index is 13.2. The third-order valence-electron chi connectivity index (χ3n) is 5.69. The van der Waals surface area contributed by atoms with Crippen molar-refractivity contribution in [2.75, 3.05) is 16.8 Å². The summed E-state index contributed by atoms with van der Waals surface area (Å²) in [5.41, 5.74) is 4.46. The topological polar surface area (TPSA) is 61.8 Å². The quantitative estimate of drug-likeness (QED) is 0.765. The van der Waals surface area contributed by atoms with E-state index < -0.39 is 0 Å². The molecule has 1 saturated carbocycles. The molecule has 1 heterocycles. The Kier molecular flexibility index (Phi) is 5.74. The molecule has 1 unspecified atom stereocenters. The van der Waals surface area contributed by atoms with Crippen molar-refractivity contribution in [1.82, 2.24) is 0 Å². The van der Waals surface area contributed by atoms with Crippen molar-refractivity contribution in [2.45, 2.75) is 45.4 Å². The number of carbonyl (C=O) groups is 2. The van der Waals surface area contributed by atoms with E-state index in [2.05, 4.69) is 24.4 Å². The molecular weight excluding hydrogens is 362 g/mol. The molecule has 2 aliphatic rings. The van der Waals surface area contributed by atoms with E-state index in [1.807, 2.05) is 36.4 Å². The number of nitrogens with zero attached hydrogens (tertiary/aromatic N) is 2. The lowest BCUT2D eigenvalue weighted by Gasteiger charge is -2.24. The number of fused-ring (bicyclic) bond motifs is 2. The van der Waals surface area contributed by atoms with Gasteiger partial charge in [-0.3, -0.25) is 14.6 Å². The van der Waals surface area contributed by atoms with Gasteiger partial charge < -0.3 is 10.2 Å². The summed E-state index contributed by atoms with van der Waals surface area (Å²) in [4.78, 5) is 32.3. The highest BCUT2D eigenvalue weighted by Gasteiger charge is 2.37. The molecule has 29 heavy (non-hydrogen) atoms. The zero-order valence-corrected chi connectivity index (χ0v) is 16.9. The van der Waals surface area contributed by atoms with Gasteiger partial charge in [0.1, 0.15) is 6.54 Å². The van der Waals surface area contributed by atoms with Gasteiger partial charge in [0, 0.05) is 11.4 Å². The average molecular weight is 389 g/mol. The lowest BCUT2D eigenvalue weighted by atomic mass is 10.1. The number of hydrogen-bond acceptors (Lipinski definition) is 3. The number of carbonyl (C=O) groups excluding carboxylic acids is 2. The molecule has 2 amide bonds. The van der Waals surface area contributed by atoms with E-state index in [0.717, 1.165) is 55.6 Å². The van der Waals surface area contributed by atoms with Crippen molar-refractivity contribution >= 4 is 34.6 Å². The number of anilines is 2. The fourth-order valence-electron chi connectivity index (χ4n) is 4.12. The van der Waals surface area contributed by atoms with Crippen LogP contribution < -0.4 is 10.2 Å². The number of aryl methyl sites for hydroxylation is 1. The van der Waals surface area contributed by atoms with Gasteiger partial charge in [0.25, 0.3) is 0 Å². The minimum Gasteiger partial charge on any atom is -0.325 e. The van der Waals surface area contributed by atoms with Crippen molar-refractivity contribution < 1.29 is 9.59 Å². The highest BCUT2D eigenvalue weighted by atomic mass is 16.2. The number of amides is 2. The Morgan fingerprint density at radius 2 is 1.97 bits per heavy atom. The summed E-state index contributed by atoms with van der Waals surface area (Å²) < 4.78 is 0. The summed E-state index contributed by atoms with van der Waals surface area (Å²) >= 11 is 0. The van der Waals surface area contributed by atoms with Crippen LogP contribution in [0.4, 0.5) is 17.1 Å². The minimum absolute atomic E-state index is 0.00721. The zero-order valence-electron chi connectivity index (χ0n) is 16.9. The Hall–Kier alpha value is -2.95. The van der Waals surface area contributed by atoms with Gasteiger partial charge in [0.15, 0.2) is 0 Å². The number of unbranched alkanes of at least 4 members (excludes halogenated alkanes) is 1. The maximum atomic E-state index is 13.2. The lowest BCUT2D eigenvalue weighted by Crippen LogP contribution is -2.41. The molecule has 0 radical (unpaired) electrons. The van der Waals surface area contributed by atoms with Gasteiger partial charge in [-0.1, -0.05) is 37.6 Å². The van der Waals surface area contributed by atoms with Crippen LogP contribution in [0.2, 0.25) is 0 Å². The summed E-state index contributed by atoms with van der Waals surface area (Å²) in [7, 11) is 0. The first kappa shape index (κ1) is 19.4. The van der Waals surface area contributed by atoms with Gasteiger partial charge in [-0.25, -0.2) is 0 Å². The van der Waals surface area contributed by atoms with E-state index in [9.17, 15) is 9.59 Å². The third-order valence-corrected chi connectivity index (χ3v) is 5.69. The summed E-state index contributed by atoms with van der Waals surface area (Å²) in [5, 5.41) is 2.93. The molecule has 0 spiro atoms. The molecule has 1 atom stereocenters. The zero-order chi connectivity index (χ0) is 20.2. The predicted molar refractivity (Wildman–Crippen MR) is 117 cm³/mol. The Morgan fingerprint density at radius 3 is 2.76 bits per heavy atom. The van der Waals surface area contributed by atoms with Crippen LogP contribution >= 0.6 is 0 Å². The van der Waals surface area contributed by atoms with Crippen LogP contribution in [0, 0.1) is 5.92 Å². The first-order valence-electron chi connectivity index (χ1n) is 10.5. The molecule has 150 valence electrons. The van der Waals surface area contributed by atoms with Crippen LogP contribution in [0.25, 0.3) is 0 Å². The second-order valence-corrected chi connectivity index (χ2v) is 7.81. The Balaban J connectivity index is 1.49. The first-order chi connectivity index (χ1) is 14.2. The molecule has 0 aromatic heterocycles. The fourth-order valence-corrected chi connectivity index (χ4v) is 4.12. The smallest absolute Gasteiger partial charge is 0.244 e. The van der Waals surface area contributed by atoms with Gasteiger partial charge in [0.05, 0.1) is 17.3 Å². The largest absolute Gasteiger partial charge is 0.325 e. The van der Waals surface area contributed by atoms with Crippen molar-refractivity contribution in [3.8, 4) is 0 Å². The van der Waals surface area contributed by atoms with E-state index >= 15 is 0 Å². The molecule has 1 N–H and O–H groups in total. The van der Waals surface area contributed by atoms with Gasteiger partial charge in [-0.15, -0.1) is 0 Å². The molecule has 0 saturated heterocycles. The van der Waals surface area contributed by atoms with E-state index in [1.54, 1.807) is 4.90 Å². The Labute approximate surface area is 171 Å². The predicted octanol–water partition coefficient (Wildman–Crippen LogP) is 4.89. The molecule has 2 aromatic carbocycles. The molecule has 0 bridgehead atoms. The molecule has 4 rings (SSSR count). The van der Waals surface area contributed by atoms with Crippen LogP contribution in [0.1, 0.15) is 44.6 Å². The van der Waals surface area contributed by atoms with E-state index in [4.69, 9.17) is 4.99 Å². The van der Waals surface area contributed by atoms with Gasteiger partial charge >= 0.3 is 0 Å². The van der Waals surface area contributed by atoms with E-state index in [0.29, 0.717) is 5.69 Å². The SMILES string of the molecule is CCCCc1ccc(NC(=O)CN2C(=O)C3CCCC3=Nc3ccccc32)cc1. The van der Waals surface area contributed by atoms with Crippen molar-refractivity contribution in [3.63, 3.8) is 0 Å². The number of aliphatic imine (C=N–C) groups is 1. The van der Waals surface area contributed by atoms with Crippen molar-refractivity contribution in [1.29, 1.82) is 0 Å².